The van der Waals surface area contributed by atoms with Gasteiger partial charge in [-0.2, -0.15) is 0 Å². The Morgan fingerprint density at radius 1 is 0.972 bits per heavy atom. The van der Waals surface area contributed by atoms with Crippen LogP contribution < -0.4 is 33.2 Å². The van der Waals surface area contributed by atoms with Gasteiger partial charge in [0.05, 0.1) is 12.6 Å². The van der Waals surface area contributed by atoms with Crippen molar-refractivity contribution in [3.63, 3.8) is 0 Å². The number of aliphatic hydroxyl groups excluding tert-OH is 1. The molecule has 1 aliphatic heterocycles. The molecular weight excluding hydrogens is 470 g/mol. The van der Waals surface area contributed by atoms with Gasteiger partial charge >= 0.3 is 0 Å². The highest BCUT2D eigenvalue weighted by Gasteiger charge is 2.37. The first kappa shape index (κ1) is 31.3. The molecular formula is C23H43N7O6. The monoisotopic (exact) mass is 513 g/mol. The summed E-state index contributed by atoms with van der Waals surface area (Å²) in [4.78, 5) is 63.9. The molecule has 0 spiro atoms. The molecule has 13 nitrogen and oxygen atoms in total. The molecule has 0 aromatic rings. The van der Waals surface area contributed by atoms with E-state index in [2.05, 4.69) is 16.0 Å². The number of unbranched alkanes of at least 4 members (excludes halogenated alkanes) is 1. The molecule has 1 heterocycles. The number of rotatable bonds is 15. The van der Waals surface area contributed by atoms with E-state index in [0.717, 1.165) is 0 Å². The minimum Gasteiger partial charge on any atom is -0.394 e. The van der Waals surface area contributed by atoms with Crippen molar-refractivity contribution < 1.29 is 29.1 Å². The van der Waals surface area contributed by atoms with E-state index in [4.69, 9.17) is 17.2 Å². The Bertz CT molecular complexity index is 778. The fourth-order valence-corrected chi connectivity index (χ4v) is 4.04. The summed E-state index contributed by atoms with van der Waals surface area (Å²) in [6.07, 6.45) is 3.00. The summed E-state index contributed by atoms with van der Waals surface area (Å²) in [6.45, 7) is 5.30. The van der Waals surface area contributed by atoms with Crippen LogP contribution in [0.2, 0.25) is 0 Å². The van der Waals surface area contributed by atoms with Crippen LogP contribution in [0.5, 0.6) is 0 Å². The van der Waals surface area contributed by atoms with Gasteiger partial charge < -0.3 is 43.2 Å². The zero-order valence-electron chi connectivity index (χ0n) is 21.5. The van der Waals surface area contributed by atoms with Gasteiger partial charge in [-0.15, -0.1) is 0 Å². The normalized spacial score (nSPS) is 18.8. The highest BCUT2D eigenvalue weighted by atomic mass is 16.3. The Balaban J connectivity index is 2.80. The van der Waals surface area contributed by atoms with E-state index in [1.807, 2.05) is 13.8 Å². The van der Waals surface area contributed by atoms with Gasteiger partial charge in [0.1, 0.15) is 24.2 Å². The molecule has 5 amide bonds. The topological polar surface area (TPSA) is 223 Å². The molecule has 0 saturated carbocycles. The van der Waals surface area contributed by atoms with Crippen molar-refractivity contribution in [1.29, 1.82) is 0 Å². The van der Waals surface area contributed by atoms with Crippen molar-refractivity contribution in [2.24, 2.45) is 23.1 Å². The Labute approximate surface area is 212 Å². The van der Waals surface area contributed by atoms with Crippen LogP contribution in [-0.4, -0.2) is 89.4 Å². The number of carbonyl (C=O) groups excluding carboxylic acids is 5. The molecule has 1 rings (SSSR count). The van der Waals surface area contributed by atoms with Gasteiger partial charge in [-0.1, -0.05) is 13.8 Å². The first-order valence-electron chi connectivity index (χ1n) is 12.5. The average molecular weight is 514 g/mol. The fraction of sp³-hybridized carbons (Fsp3) is 0.783. The molecule has 1 fully saturated rings. The number of likely N-dealkylation sites (tertiary alicyclic amines) is 1. The van der Waals surface area contributed by atoms with Crippen molar-refractivity contribution in [1.82, 2.24) is 20.9 Å². The van der Waals surface area contributed by atoms with Crippen molar-refractivity contribution in [3.8, 4) is 0 Å². The van der Waals surface area contributed by atoms with E-state index in [0.29, 0.717) is 51.6 Å². The summed E-state index contributed by atoms with van der Waals surface area (Å²) < 4.78 is 0. The largest absolute Gasteiger partial charge is 0.394 e. The minimum atomic E-state index is -1.30. The van der Waals surface area contributed by atoms with E-state index in [-0.39, 0.29) is 5.92 Å². The number of primary amides is 1. The third-order valence-electron chi connectivity index (χ3n) is 6.06. The molecule has 36 heavy (non-hydrogen) atoms. The highest BCUT2D eigenvalue weighted by molar-refractivity contribution is 5.95. The number of nitrogens with one attached hydrogen (secondary N) is 3. The number of aliphatic hydroxyl groups is 1. The van der Waals surface area contributed by atoms with Crippen LogP contribution in [-0.2, 0) is 24.0 Å². The van der Waals surface area contributed by atoms with Crippen molar-refractivity contribution in [3.05, 3.63) is 0 Å². The number of carbonyl (C=O) groups is 5. The molecule has 206 valence electrons. The van der Waals surface area contributed by atoms with Crippen molar-refractivity contribution >= 4 is 29.5 Å². The van der Waals surface area contributed by atoms with Crippen LogP contribution in [0.3, 0.4) is 0 Å². The molecule has 10 N–H and O–H groups in total. The van der Waals surface area contributed by atoms with E-state index in [9.17, 15) is 29.1 Å². The second-order valence-electron chi connectivity index (χ2n) is 9.65. The predicted molar refractivity (Wildman–Crippen MR) is 133 cm³/mol. The second kappa shape index (κ2) is 15.4. The van der Waals surface area contributed by atoms with Crippen LogP contribution in [0.1, 0.15) is 59.3 Å². The molecule has 1 saturated heterocycles. The Morgan fingerprint density at radius 3 is 2.17 bits per heavy atom. The molecule has 0 aromatic heterocycles. The second-order valence-corrected chi connectivity index (χ2v) is 9.65. The average Bonchev–Trinajstić information content (AvgIpc) is 3.31. The first-order valence-corrected chi connectivity index (χ1v) is 12.5. The van der Waals surface area contributed by atoms with Gasteiger partial charge in [-0.25, -0.2) is 0 Å². The zero-order chi connectivity index (χ0) is 27.4. The Morgan fingerprint density at radius 2 is 1.61 bits per heavy atom. The maximum Gasteiger partial charge on any atom is 0.245 e. The number of nitrogens with two attached hydrogens (primary N) is 3. The van der Waals surface area contributed by atoms with Crippen LogP contribution in [0.4, 0.5) is 0 Å². The van der Waals surface area contributed by atoms with Gasteiger partial charge in [0.15, 0.2) is 0 Å². The van der Waals surface area contributed by atoms with E-state index >= 15 is 0 Å². The molecule has 1 aliphatic rings. The summed E-state index contributed by atoms with van der Waals surface area (Å²) in [5.74, 6) is -2.85. The minimum absolute atomic E-state index is 0.162. The quantitative estimate of drug-likeness (QED) is 0.115. The number of nitrogens with zero attached hydrogens (tertiary/aromatic N) is 1. The third-order valence-corrected chi connectivity index (χ3v) is 6.06. The molecule has 0 unspecified atom stereocenters. The van der Waals surface area contributed by atoms with Crippen LogP contribution in [0.15, 0.2) is 0 Å². The van der Waals surface area contributed by atoms with E-state index < -0.39 is 66.4 Å². The SMILES string of the molecule is CC(C)C[C@H](N)C(=O)N[C@@H](CO)C(=O)N[C@@H](C)C(=O)N[C@@H](CCCCN)C(=O)N1CCC[C@H]1C(N)=O. The van der Waals surface area contributed by atoms with E-state index in [1.54, 1.807) is 0 Å². The molecule has 13 heteroatoms. The standard InChI is InChI=1S/C23H43N7O6/c1-13(2)11-15(25)21(34)29-17(12-31)22(35)27-14(3)20(33)28-16(7-4-5-9-24)23(36)30-10-6-8-18(30)19(26)32/h13-18,31H,4-12,24-25H2,1-3H3,(H2,26,32)(H,27,35)(H,28,33)(H,29,34)/t14-,15-,16-,17-,18-/m0/s1. The zero-order valence-corrected chi connectivity index (χ0v) is 21.5. The summed E-state index contributed by atoms with van der Waals surface area (Å²) in [5, 5.41) is 17.0. The lowest BCUT2D eigenvalue weighted by Crippen LogP contribution is -2.58. The smallest absolute Gasteiger partial charge is 0.245 e. The Hall–Kier alpha value is -2.77. The van der Waals surface area contributed by atoms with Gasteiger partial charge in [0.2, 0.25) is 29.5 Å². The molecule has 0 aliphatic carbocycles. The van der Waals surface area contributed by atoms with Crippen LogP contribution in [0.25, 0.3) is 0 Å². The number of hydrogen-bond donors (Lipinski definition) is 7. The summed E-state index contributed by atoms with van der Waals surface area (Å²) in [7, 11) is 0. The summed E-state index contributed by atoms with van der Waals surface area (Å²) >= 11 is 0. The molecule has 0 aromatic carbocycles. The van der Waals surface area contributed by atoms with Gasteiger partial charge in [-0.3, -0.25) is 24.0 Å². The number of hydrogen-bond acceptors (Lipinski definition) is 8. The van der Waals surface area contributed by atoms with Crippen LogP contribution in [0, 0.1) is 5.92 Å². The summed E-state index contributed by atoms with van der Waals surface area (Å²) in [5.41, 5.74) is 16.8. The van der Waals surface area contributed by atoms with Gasteiger partial charge in [0.25, 0.3) is 0 Å². The lowest BCUT2D eigenvalue weighted by molar-refractivity contribution is -0.141. The lowest BCUT2D eigenvalue weighted by atomic mass is 10.0. The van der Waals surface area contributed by atoms with Crippen molar-refractivity contribution in [2.45, 2.75) is 89.5 Å². The number of amides is 5. The predicted octanol–water partition coefficient (Wildman–Crippen LogP) is -2.57. The highest BCUT2D eigenvalue weighted by Crippen LogP contribution is 2.19. The maximum absolute atomic E-state index is 13.1. The molecule has 0 radical (unpaired) electrons. The van der Waals surface area contributed by atoms with Crippen molar-refractivity contribution in [2.75, 3.05) is 19.7 Å². The summed E-state index contributed by atoms with van der Waals surface area (Å²) in [6, 6.07) is -4.87. The third kappa shape index (κ3) is 9.70. The molecule has 0 bridgehead atoms. The first-order chi connectivity index (χ1) is 16.9. The van der Waals surface area contributed by atoms with Crippen LogP contribution >= 0.6 is 0 Å². The van der Waals surface area contributed by atoms with Gasteiger partial charge in [-0.05, 0) is 57.9 Å². The maximum atomic E-state index is 13.1. The van der Waals surface area contributed by atoms with E-state index in [1.165, 1.54) is 11.8 Å². The lowest BCUT2D eigenvalue weighted by Gasteiger charge is -2.29. The van der Waals surface area contributed by atoms with Gasteiger partial charge in [0, 0.05) is 6.54 Å². The fourth-order valence-electron chi connectivity index (χ4n) is 4.04. The Kier molecular flexibility index (Phi) is 13.3. The molecule has 5 atom stereocenters.